The van der Waals surface area contributed by atoms with Crippen molar-refractivity contribution in [3.05, 3.63) is 48.0 Å². The third-order valence-electron chi connectivity index (χ3n) is 4.18. The summed E-state index contributed by atoms with van der Waals surface area (Å²) in [5.41, 5.74) is 0.543. The Labute approximate surface area is 159 Å². The van der Waals surface area contributed by atoms with Crippen molar-refractivity contribution in [1.82, 2.24) is 4.90 Å². The molecule has 0 N–H and O–H groups in total. The van der Waals surface area contributed by atoms with E-state index in [1.54, 1.807) is 30.1 Å². The van der Waals surface area contributed by atoms with Crippen molar-refractivity contribution in [1.29, 1.82) is 0 Å². The van der Waals surface area contributed by atoms with Crippen LogP contribution < -0.4 is 18.9 Å². The second-order valence-corrected chi connectivity index (χ2v) is 6.21. The van der Waals surface area contributed by atoms with Gasteiger partial charge in [-0.3, -0.25) is 4.79 Å². The highest BCUT2D eigenvalue weighted by atomic mass is 16.6. The molecular formula is C21H25NO5. The van der Waals surface area contributed by atoms with Crippen LogP contribution in [-0.4, -0.2) is 50.3 Å². The maximum atomic E-state index is 12.8. The number of carbonyl (C=O) groups excluding carboxylic acids is 1. The van der Waals surface area contributed by atoms with E-state index in [1.807, 2.05) is 38.1 Å². The SMILES string of the molecule is CCOc1ccc(C(=O)N(C)CC2COc3ccccc3O2)cc1OCC. The Morgan fingerprint density at radius 2 is 1.78 bits per heavy atom. The Kier molecular flexibility index (Phi) is 6.06. The van der Waals surface area contributed by atoms with Gasteiger partial charge >= 0.3 is 0 Å². The van der Waals surface area contributed by atoms with Crippen LogP contribution in [0.2, 0.25) is 0 Å². The Bertz CT molecular complexity index is 792. The summed E-state index contributed by atoms with van der Waals surface area (Å²) in [5, 5.41) is 0. The van der Waals surface area contributed by atoms with Crippen LogP contribution in [0, 0.1) is 0 Å². The Balaban J connectivity index is 1.67. The van der Waals surface area contributed by atoms with Crippen molar-refractivity contribution in [3.63, 3.8) is 0 Å². The predicted octanol–water partition coefficient (Wildman–Crippen LogP) is 3.40. The summed E-state index contributed by atoms with van der Waals surface area (Å²) in [7, 11) is 1.75. The molecular weight excluding hydrogens is 346 g/mol. The van der Waals surface area contributed by atoms with E-state index >= 15 is 0 Å². The van der Waals surface area contributed by atoms with Crippen LogP contribution in [0.3, 0.4) is 0 Å². The minimum Gasteiger partial charge on any atom is -0.490 e. The fourth-order valence-corrected chi connectivity index (χ4v) is 2.95. The van der Waals surface area contributed by atoms with Gasteiger partial charge in [-0.05, 0) is 44.2 Å². The second-order valence-electron chi connectivity index (χ2n) is 6.21. The fraction of sp³-hybridized carbons (Fsp3) is 0.381. The minimum atomic E-state index is -0.220. The van der Waals surface area contributed by atoms with E-state index in [4.69, 9.17) is 18.9 Å². The third-order valence-corrected chi connectivity index (χ3v) is 4.18. The first-order valence-electron chi connectivity index (χ1n) is 9.16. The first-order valence-corrected chi connectivity index (χ1v) is 9.16. The molecule has 2 aromatic rings. The number of ether oxygens (including phenoxy) is 4. The van der Waals surface area contributed by atoms with E-state index < -0.39 is 0 Å². The molecule has 1 aliphatic rings. The van der Waals surface area contributed by atoms with Gasteiger partial charge in [0.1, 0.15) is 6.61 Å². The van der Waals surface area contributed by atoms with Crippen molar-refractivity contribution < 1.29 is 23.7 Å². The first-order chi connectivity index (χ1) is 13.1. The van der Waals surface area contributed by atoms with Gasteiger partial charge in [-0.2, -0.15) is 0 Å². The number of carbonyl (C=O) groups is 1. The summed E-state index contributed by atoms with van der Waals surface area (Å²) < 4.78 is 22.8. The van der Waals surface area contributed by atoms with Crippen molar-refractivity contribution in [3.8, 4) is 23.0 Å². The van der Waals surface area contributed by atoms with Gasteiger partial charge in [0, 0.05) is 12.6 Å². The summed E-state index contributed by atoms with van der Waals surface area (Å²) in [6.45, 7) is 5.67. The zero-order valence-electron chi connectivity index (χ0n) is 15.9. The average Bonchev–Trinajstić information content (AvgIpc) is 2.69. The fourth-order valence-electron chi connectivity index (χ4n) is 2.95. The van der Waals surface area contributed by atoms with E-state index in [0.29, 0.717) is 49.2 Å². The molecule has 0 aromatic heterocycles. The van der Waals surface area contributed by atoms with Gasteiger partial charge in [-0.15, -0.1) is 0 Å². The van der Waals surface area contributed by atoms with Crippen LogP contribution in [-0.2, 0) is 0 Å². The third kappa shape index (κ3) is 4.45. The molecule has 2 aromatic carbocycles. The molecule has 0 radical (unpaired) electrons. The van der Waals surface area contributed by atoms with Crippen molar-refractivity contribution >= 4 is 5.91 Å². The summed E-state index contributed by atoms with van der Waals surface area (Å²) in [6.07, 6.45) is -0.220. The standard InChI is InChI=1S/C21H25NO5/c1-4-24-18-11-10-15(12-20(18)25-5-2)21(23)22(3)13-16-14-26-17-8-6-7-9-19(17)27-16/h6-12,16H,4-5,13-14H2,1-3H3. The predicted molar refractivity (Wildman–Crippen MR) is 102 cm³/mol. The molecule has 144 valence electrons. The number of hydrogen-bond acceptors (Lipinski definition) is 5. The highest BCUT2D eigenvalue weighted by molar-refractivity contribution is 5.94. The van der Waals surface area contributed by atoms with Gasteiger partial charge in [0.25, 0.3) is 5.91 Å². The smallest absolute Gasteiger partial charge is 0.253 e. The van der Waals surface area contributed by atoms with E-state index in [1.165, 1.54) is 0 Å². The van der Waals surface area contributed by atoms with Crippen LogP contribution >= 0.6 is 0 Å². The number of nitrogens with zero attached hydrogens (tertiary/aromatic N) is 1. The summed E-state index contributed by atoms with van der Waals surface area (Å²) >= 11 is 0. The summed E-state index contributed by atoms with van der Waals surface area (Å²) in [4.78, 5) is 14.5. The zero-order chi connectivity index (χ0) is 19.2. The molecule has 6 heteroatoms. The number of rotatable bonds is 7. The largest absolute Gasteiger partial charge is 0.490 e. The van der Waals surface area contributed by atoms with E-state index in [-0.39, 0.29) is 12.0 Å². The van der Waals surface area contributed by atoms with E-state index in [9.17, 15) is 4.79 Å². The van der Waals surface area contributed by atoms with Gasteiger partial charge in [0.2, 0.25) is 0 Å². The molecule has 1 aliphatic heterocycles. The van der Waals surface area contributed by atoms with Crippen molar-refractivity contribution in [2.75, 3.05) is 33.4 Å². The van der Waals surface area contributed by atoms with Crippen molar-refractivity contribution in [2.45, 2.75) is 20.0 Å². The highest BCUT2D eigenvalue weighted by Gasteiger charge is 2.24. The van der Waals surface area contributed by atoms with Crippen molar-refractivity contribution in [2.24, 2.45) is 0 Å². The normalized spacial score (nSPS) is 15.1. The molecule has 1 heterocycles. The molecule has 0 fully saturated rings. The lowest BCUT2D eigenvalue weighted by Gasteiger charge is -2.29. The quantitative estimate of drug-likeness (QED) is 0.747. The molecule has 3 rings (SSSR count). The lowest BCUT2D eigenvalue weighted by atomic mass is 10.1. The Morgan fingerprint density at radius 1 is 1.07 bits per heavy atom. The maximum absolute atomic E-state index is 12.8. The Morgan fingerprint density at radius 3 is 2.52 bits per heavy atom. The van der Waals surface area contributed by atoms with Crippen LogP contribution in [0.5, 0.6) is 23.0 Å². The molecule has 0 spiro atoms. The van der Waals surface area contributed by atoms with Gasteiger partial charge in [-0.25, -0.2) is 0 Å². The van der Waals surface area contributed by atoms with Gasteiger partial charge in [-0.1, -0.05) is 12.1 Å². The van der Waals surface area contributed by atoms with Crippen LogP contribution in [0.15, 0.2) is 42.5 Å². The number of fused-ring (bicyclic) bond motifs is 1. The van der Waals surface area contributed by atoms with E-state index in [2.05, 4.69) is 0 Å². The minimum absolute atomic E-state index is 0.110. The molecule has 0 saturated carbocycles. The monoisotopic (exact) mass is 371 g/mol. The summed E-state index contributed by atoms with van der Waals surface area (Å²) in [6, 6.07) is 12.8. The molecule has 1 unspecified atom stereocenters. The molecule has 27 heavy (non-hydrogen) atoms. The molecule has 1 atom stereocenters. The molecule has 0 bridgehead atoms. The van der Waals surface area contributed by atoms with Crippen LogP contribution in [0.4, 0.5) is 0 Å². The lowest BCUT2D eigenvalue weighted by Crippen LogP contribution is -2.41. The molecule has 1 amide bonds. The number of likely N-dealkylation sites (N-methyl/N-ethyl adjacent to an activating group) is 1. The van der Waals surface area contributed by atoms with Gasteiger partial charge < -0.3 is 23.8 Å². The van der Waals surface area contributed by atoms with Crippen LogP contribution in [0.25, 0.3) is 0 Å². The van der Waals surface area contributed by atoms with Crippen LogP contribution in [0.1, 0.15) is 24.2 Å². The number of amides is 1. The highest BCUT2D eigenvalue weighted by Crippen LogP contribution is 2.31. The van der Waals surface area contributed by atoms with E-state index in [0.717, 1.165) is 5.75 Å². The first kappa shape index (κ1) is 18.9. The summed E-state index contributed by atoms with van der Waals surface area (Å²) in [5.74, 6) is 2.54. The maximum Gasteiger partial charge on any atom is 0.253 e. The molecule has 0 saturated heterocycles. The van der Waals surface area contributed by atoms with Gasteiger partial charge in [0.15, 0.2) is 29.1 Å². The lowest BCUT2D eigenvalue weighted by molar-refractivity contribution is 0.0520. The average molecular weight is 371 g/mol. The van der Waals surface area contributed by atoms with Gasteiger partial charge in [0.05, 0.1) is 19.8 Å². The number of benzene rings is 2. The topological polar surface area (TPSA) is 57.2 Å². The second kappa shape index (κ2) is 8.66. The number of para-hydroxylation sites is 2. The Hall–Kier alpha value is -2.89. The molecule has 0 aliphatic carbocycles. The zero-order valence-corrected chi connectivity index (χ0v) is 15.9. The molecule has 6 nitrogen and oxygen atoms in total. The number of hydrogen-bond donors (Lipinski definition) is 0.